The van der Waals surface area contributed by atoms with Crippen LogP contribution in [0.2, 0.25) is 0 Å². The largest absolute Gasteiger partial charge is 0.495 e. The van der Waals surface area contributed by atoms with Gasteiger partial charge in [-0.15, -0.1) is 0 Å². The van der Waals surface area contributed by atoms with E-state index in [1.54, 1.807) is 13.2 Å². The Bertz CT molecular complexity index is 938. The van der Waals surface area contributed by atoms with Gasteiger partial charge < -0.3 is 10.1 Å². The van der Waals surface area contributed by atoms with Crippen LogP contribution in [0.3, 0.4) is 0 Å². The number of ether oxygens (including phenoxy) is 1. The van der Waals surface area contributed by atoms with Crippen LogP contribution in [0.1, 0.15) is 35.1 Å². The predicted molar refractivity (Wildman–Crippen MR) is 116 cm³/mol. The molecule has 3 nitrogen and oxygen atoms in total. The van der Waals surface area contributed by atoms with E-state index in [0.717, 1.165) is 29.9 Å². The van der Waals surface area contributed by atoms with Gasteiger partial charge in [0.25, 0.3) is 0 Å². The van der Waals surface area contributed by atoms with Crippen molar-refractivity contribution in [3.63, 3.8) is 0 Å². The van der Waals surface area contributed by atoms with Crippen molar-refractivity contribution in [2.24, 2.45) is 0 Å². The van der Waals surface area contributed by atoms with Crippen LogP contribution in [0.25, 0.3) is 0 Å². The summed E-state index contributed by atoms with van der Waals surface area (Å²) >= 11 is 0. The highest BCUT2D eigenvalue weighted by molar-refractivity contribution is 5.93. The van der Waals surface area contributed by atoms with Crippen LogP contribution in [0.4, 0.5) is 5.69 Å². The topological polar surface area (TPSA) is 38.3 Å². The van der Waals surface area contributed by atoms with Crippen molar-refractivity contribution in [2.45, 2.75) is 40.0 Å². The molecule has 0 saturated heterocycles. The standard InChI is InChI=1S/C25H29NO2/c1-17-5-10-25(28-4)24(11-17)26-16-22-13-21(14-23(27)15-22)9-8-20-7-6-18(2)19(3)12-20/h5-7,9-12,15,26H,8,13-14,16H2,1-4H3/b21-9-. The maximum absolute atomic E-state index is 12.2. The Hall–Kier alpha value is -2.81. The zero-order chi connectivity index (χ0) is 20.1. The van der Waals surface area contributed by atoms with E-state index >= 15 is 0 Å². The highest BCUT2D eigenvalue weighted by atomic mass is 16.5. The predicted octanol–water partition coefficient (Wildman–Crippen LogP) is 5.49. The number of aryl methyl sites for hydroxylation is 3. The summed E-state index contributed by atoms with van der Waals surface area (Å²) in [5.74, 6) is 1.00. The molecule has 0 unspecified atom stereocenters. The molecule has 0 aromatic heterocycles. The van der Waals surface area contributed by atoms with Crippen molar-refractivity contribution in [1.82, 2.24) is 0 Å². The lowest BCUT2D eigenvalue weighted by atomic mass is 9.91. The summed E-state index contributed by atoms with van der Waals surface area (Å²) in [4.78, 5) is 12.2. The van der Waals surface area contributed by atoms with E-state index in [0.29, 0.717) is 13.0 Å². The van der Waals surface area contributed by atoms with Crippen LogP contribution in [0.15, 0.2) is 59.7 Å². The first kappa shape index (κ1) is 19.9. The van der Waals surface area contributed by atoms with Gasteiger partial charge in [-0.05, 0) is 79.6 Å². The van der Waals surface area contributed by atoms with Gasteiger partial charge in [-0.3, -0.25) is 4.79 Å². The van der Waals surface area contributed by atoms with Gasteiger partial charge >= 0.3 is 0 Å². The Morgan fingerprint density at radius 1 is 1.04 bits per heavy atom. The molecule has 2 aromatic carbocycles. The number of allylic oxidation sites excluding steroid dienone is 3. The molecule has 28 heavy (non-hydrogen) atoms. The molecule has 0 saturated carbocycles. The summed E-state index contributed by atoms with van der Waals surface area (Å²) in [6.45, 7) is 6.97. The molecule has 0 fully saturated rings. The first-order chi connectivity index (χ1) is 13.4. The molecule has 0 radical (unpaired) electrons. The van der Waals surface area contributed by atoms with E-state index < -0.39 is 0 Å². The zero-order valence-corrected chi connectivity index (χ0v) is 17.3. The summed E-state index contributed by atoms with van der Waals surface area (Å²) in [6.07, 6.45) is 6.26. The quantitative estimate of drug-likeness (QED) is 0.679. The van der Waals surface area contributed by atoms with Crippen LogP contribution in [0, 0.1) is 20.8 Å². The number of carbonyl (C=O) groups excluding carboxylic acids is 1. The van der Waals surface area contributed by atoms with Gasteiger partial charge in [0.05, 0.1) is 12.8 Å². The number of hydrogen-bond donors (Lipinski definition) is 1. The van der Waals surface area contributed by atoms with Crippen LogP contribution in [-0.4, -0.2) is 19.4 Å². The summed E-state index contributed by atoms with van der Waals surface area (Å²) < 4.78 is 5.43. The van der Waals surface area contributed by atoms with Crippen molar-refractivity contribution < 1.29 is 9.53 Å². The monoisotopic (exact) mass is 375 g/mol. The number of ketones is 1. The Labute approximate surface area is 168 Å². The molecule has 0 spiro atoms. The van der Waals surface area contributed by atoms with E-state index in [9.17, 15) is 4.79 Å². The molecule has 2 aromatic rings. The lowest BCUT2D eigenvalue weighted by molar-refractivity contribution is -0.114. The average molecular weight is 376 g/mol. The maximum atomic E-state index is 12.2. The number of nitrogens with one attached hydrogen (secondary N) is 1. The average Bonchev–Trinajstić information content (AvgIpc) is 2.67. The van der Waals surface area contributed by atoms with E-state index in [1.165, 1.54) is 27.8 Å². The number of carbonyl (C=O) groups is 1. The molecule has 146 valence electrons. The molecule has 0 atom stereocenters. The van der Waals surface area contributed by atoms with Crippen LogP contribution >= 0.6 is 0 Å². The van der Waals surface area contributed by atoms with E-state index in [1.807, 2.05) is 12.1 Å². The molecule has 3 rings (SSSR count). The molecule has 0 bridgehead atoms. The van der Waals surface area contributed by atoms with Gasteiger partial charge in [-0.1, -0.05) is 35.9 Å². The molecule has 0 heterocycles. The van der Waals surface area contributed by atoms with Gasteiger partial charge in [0.15, 0.2) is 5.78 Å². The van der Waals surface area contributed by atoms with Gasteiger partial charge in [0, 0.05) is 13.0 Å². The fourth-order valence-corrected chi connectivity index (χ4v) is 3.53. The van der Waals surface area contributed by atoms with Crippen molar-refractivity contribution in [3.8, 4) is 5.75 Å². The third kappa shape index (κ3) is 5.13. The lowest BCUT2D eigenvalue weighted by Crippen LogP contribution is -2.13. The molecule has 1 aliphatic carbocycles. The SMILES string of the molecule is COc1ccc(C)cc1NCC1=CC(=O)C/C(=C\Cc2ccc(C)c(C)c2)C1. The van der Waals surface area contributed by atoms with E-state index in [-0.39, 0.29) is 5.78 Å². The second-order valence-corrected chi connectivity index (χ2v) is 7.66. The van der Waals surface area contributed by atoms with Gasteiger partial charge in [-0.2, -0.15) is 0 Å². The number of benzene rings is 2. The minimum Gasteiger partial charge on any atom is -0.495 e. The van der Waals surface area contributed by atoms with E-state index in [4.69, 9.17) is 4.74 Å². The smallest absolute Gasteiger partial charge is 0.159 e. The number of anilines is 1. The van der Waals surface area contributed by atoms with Gasteiger partial charge in [-0.25, -0.2) is 0 Å². The van der Waals surface area contributed by atoms with Crippen molar-refractivity contribution in [2.75, 3.05) is 19.0 Å². The lowest BCUT2D eigenvalue weighted by Gasteiger charge is -2.18. The van der Waals surface area contributed by atoms with Gasteiger partial charge in [0.2, 0.25) is 0 Å². The third-order valence-corrected chi connectivity index (χ3v) is 5.28. The molecule has 0 aliphatic heterocycles. The molecular weight excluding hydrogens is 346 g/mol. The second kappa shape index (κ2) is 8.92. The number of methoxy groups -OCH3 is 1. The van der Waals surface area contributed by atoms with Crippen LogP contribution < -0.4 is 10.1 Å². The molecule has 0 amide bonds. The highest BCUT2D eigenvalue weighted by Crippen LogP contribution is 2.27. The minimum absolute atomic E-state index is 0.186. The first-order valence-electron chi connectivity index (χ1n) is 9.79. The van der Waals surface area contributed by atoms with Crippen LogP contribution in [-0.2, 0) is 11.2 Å². The Balaban J connectivity index is 1.66. The number of rotatable bonds is 6. The second-order valence-electron chi connectivity index (χ2n) is 7.66. The maximum Gasteiger partial charge on any atom is 0.159 e. The van der Waals surface area contributed by atoms with Crippen molar-refractivity contribution in [3.05, 3.63) is 82.0 Å². The van der Waals surface area contributed by atoms with Crippen LogP contribution in [0.5, 0.6) is 5.75 Å². The Morgan fingerprint density at radius 3 is 2.61 bits per heavy atom. The molecule has 3 heteroatoms. The summed E-state index contributed by atoms with van der Waals surface area (Å²) in [5, 5.41) is 3.43. The third-order valence-electron chi connectivity index (χ3n) is 5.28. The fraction of sp³-hybridized carbons (Fsp3) is 0.320. The summed E-state index contributed by atoms with van der Waals surface area (Å²) in [5.41, 5.74) is 8.37. The molecule has 1 aliphatic rings. The zero-order valence-electron chi connectivity index (χ0n) is 17.3. The van der Waals surface area contributed by atoms with Gasteiger partial charge in [0.1, 0.15) is 5.75 Å². The fourth-order valence-electron chi connectivity index (χ4n) is 3.53. The first-order valence-corrected chi connectivity index (χ1v) is 9.79. The Kier molecular flexibility index (Phi) is 6.35. The van der Waals surface area contributed by atoms with Crippen molar-refractivity contribution >= 4 is 11.5 Å². The summed E-state index contributed by atoms with van der Waals surface area (Å²) in [7, 11) is 1.67. The summed E-state index contributed by atoms with van der Waals surface area (Å²) in [6, 6.07) is 12.6. The van der Waals surface area contributed by atoms with E-state index in [2.05, 4.69) is 56.4 Å². The van der Waals surface area contributed by atoms with Crippen molar-refractivity contribution in [1.29, 1.82) is 0 Å². The normalized spacial score (nSPS) is 15.5. The highest BCUT2D eigenvalue weighted by Gasteiger charge is 2.15. The number of hydrogen-bond acceptors (Lipinski definition) is 3. The molecular formula is C25H29NO2. The Morgan fingerprint density at radius 2 is 1.86 bits per heavy atom. The molecule has 1 N–H and O–H groups in total. The minimum atomic E-state index is 0.186.